The summed E-state index contributed by atoms with van der Waals surface area (Å²) in [7, 11) is 0. The van der Waals surface area contributed by atoms with Gasteiger partial charge < -0.3 is 5.32 Å². The van der Waals surface area contributed by atoms with E-state index in [4.69, 9.17) is 0 Å². The molecule has 1 saturated carbocycles. The zero-order valence-electron chi connectivity index (χ0n) is 12.1. The predicted molar refractivity (Wildman–Crippen MR) is 75.8 cm³/mol. The van der Waals surface area contributed by atoms with Crippen LogP contribution in [-0.2, 0) is 0 Å². The summed E-state index contributed by atoms with van der Waals surface area (Å²) < 4.78 is 0. The second-order valence-electron chi connectivity index (χ2n) is 6.86. The molecule has 0 bridgehead atoms. The molecule has 3 aliphatic rings. The molecule has 3 rings (SSSR count). The van der Waals surface area contributed by atoms with Crippen molar-refractivity contribution in [1.29, 1.82) is 0 Å². The predicted octanol–water partition coefficient (Wildman–Crippen LogP) is 1.40. The highest BCUT2D eigenvalue weighted by atomic mass is 15.3. The molecule has 3 fully saturated rings. The summed E-state index contributed by atoms with van der Waals surface area (Å²) in [5, 5.41) is 3.45. The van der Waals surface area contributed by atoms with Gasteiger partial charge in [0.05, 0.1) is 0 Å². The smallest absolute Gasteiger partial charge is 0.0351 e. The standard InChI is InChI=1S/C15H29N3/c1-12-3-4-13(2)15(9-12)18-10-14(11-18)17-7-5-16-6-8-17/h12-16H,3-11H2,1-2H3. The van der Waals surface area contributed by atoms with E-state index in [0.717, 1.165) is 23.9 Å². The van der Waals surface area contributed by atoms with Gasteiger partial charge in [0.15, 0.2) is 0 Å². The highest BCUT2D eigenvalue weighted by Gasteiger charge is 2.39. The molecule has 2 saturated heterocycles. The summed E-state index contributed by atoms with van der Waals surface area (Å²) in [6.45, 7) is 12.5. The average molecular weight is 251 g/mol. The Labute approximate surface area is 112 Å². The van der Waals surface area contributed by atoms with Crippen molar-refractivity contribution in [2.75, 3.05) is 39.3 Å². The Hall–Kier alpha value is -0.120. The fraction of sp³-hybridized carbons (Fsp3) is 1.00. The van der Waals surface area contributed by atoms with E-state index in [0.29, 0.717) is 0 Å². The van der Waals surface area contributed by atoms with Gasteiger partial charge in [-0.05, 0) is 24.7 Å². The zero-order chi connectivity index (χ0) is 12.5. The molecular weight excluding hydrogens is 222 g/mol. The van der Waals surface area contributed by atoms with Gasteiger partial charge in [-0.15, -0.1) is 0 Å². The molecule has 1 N–H and O–H groups in total. The van der Waals surface area contributed by atoms with Gasteiger partial charge in [0.1, 0.15) is 0 Å². The molecule has 0 radical (unpaired) electrons. The third-order valence-corrected chi connectivity index (χ3v) is 5.44. The van der Waals surface area contributed by atoms with Crippen molar-refractivity contribution >= 4 is 0 Å². The third kappa shape index (κ3) is 2.59. The normalized spacial score (nSPS) is 40.7. The summed E-state index contributed by atoms with van der Waals surface area (Å²) in [6, 6.07) is 1.74. The van der Waals surface area contributed by atoms with Crippen LogP contribution in [0.4, 0.5) is 0 Å². The van der Waals surface area contributed by atoms with Crippen LogP contribution in [0, 0.1) is 11.8 Å². The fourth-order valence-corrected chi connectivity index (χ4v) is 4.05. The van der Waals surface area contributed by atoms with Crippen molar-refractivity contribution < 1.29 is 0 Å². The quantitative estimate of drug-likeness (QED) is 0.800. The Kier molecular flexibility index (Phi) is 3.92. The molecular formula is C15H29N3. The van der Waals surface area contributed by atoms with E-state index in [1.165, 1.54) is 58.5 Å². The van der Waals surface area contributed by atoms with Crippen molar-refractivity contribution in [3.63, 3.8) is 0 Å². The van der Waals surface area contributed by atoms with Gasteiger partial charge in [0.2, 0.25) is 0 Å². The van der Waals surface area contributed by atoms with Crippen LogP contribution in [0.15, 0.2) is 0 Å². The van der Waals surface area contributed by atoms with E-state index in [9.17, 15) is 0 Å². The molecule has 0 spiro atoms. The Balaban J connectivity index is 1.48. The number of hydrogen-bond donors (Lipinski definition) is 1. The van der Waals surface area contributed by atoms with E-state index in [1.807, 2.05) is 0 Å². The number of hydrogen-bond acceptors (Lipinski definition) is 3. The highest BCUT2D eigenvalue weighted by Crippen LogP contribution is 2.34. The third-order valence-electron chi connectivity index (χ3n) is 5.44. The van der Waals surface area contributed by atoms with Crippen LogP contribution in [0.2, 0.25) is 0 Å². The molecule has 3 unspecified atom stereocenters. The molecule has 0 aromatic rings. The van der Waals surface area contributed by atoms with Gasteiger partial charge in [-0.25, -0.2) is 0 Å². The number of nitrogens with zero attached hydrogens (tertiary/aromatic N) is 2. The van der Waals surface area contributed by atoms with E-state index in [-0.39, 0.29) is 0 Å². The molecule has 3 heteroatoms. The average Bonchev–Trinajstić information content (AvgIpc) is 2.33. The van der Waals surface area contributed by atoms with E-state index in [1.54, 1.807) is 0 Å². The minimum Gasteiger partial charge on any atom is -0.314 e. The maximum Gasteiger partial charge on any atom is 0.0351 e. The summed E-state index contributed by atoms with van der Waals surface area (Å²) in [5.41, 5.74) is 0. The molecule has 3 atom stereocenters. The fourth-order valence-electron chi connectivity index (χ4n) is 4.05. The van der Waals surface area contributed by atoms with Crippen LogP contribution in [0.1, 0.15) is 33.1 Å². The summed E-state index contributed by atoms with van der Waals surface area (Å²) in [5.74, 6) is 1.87. The second kappa shape index (κ2) is 5.48. The van der Waals surface area contributed by atoms with Gasteiger partial charge in [0.25, 0.3) is 0 Å². The van der Waals surface area contributed by atoms with Crippen LogP contribution < -0.4 is 5.32 Å². The van der Waals surface area contributed by atoms with Gasteiger partial charge in [-0.3, -0.25) is 9.80 Å². The Bertz CT molecular complexity index is 269. The molecule has 0 aromatic carbocycles. The zero-order valence-corrected chi connectivity index (χ0v) is 12.1. The topological polar surface area (TPSA) is 18.5 Å². The minimum atomic E-state index is 0.858. The van der Waals surface area contributed by atoms with Gasteiger partial charge >= 0.3 is 0 Å². The largest absolute Gasteiger partial charge is 0.314 e. The lowest BCUT2D eigenvalue weighted by atomic mass is 9.78. The second-order valence-corrected chi connectivity index (χ2v) is 6.86. The van der Waals surface area contributed by atoms with Crippen LogP contribution >= 0.6 is 0 Å². The minimum absolute atomic E-state index is 0.858. The lowest BCUT2D eigenvalue weighted by Gasteiger charge is -2.52. The van der Waals surface area contributed by atoms with Crippen LogP contribution in [0.25, 0.3) is 0 Å². The summed E-state index contributed by atoms with van der Waals surface area (Å²) in [6.07, 6.45) is 4.34. The summed E-state index contributed by atoms with van der Waals surface area (Å²) in [4.78, 5) is 5.47. The van der Waals surface area contributed by atoms with Crippen LogP contribution in [-0.4, -0.2) is 61.2 Å². The highest BCUT2D eigenvalue weighted by molar-refractivity contribution is 4.96. The lowest BCUT2D eigenvalue weighted by Crippen LogP contribution is -2.66. The van der Waals surface area contributed by atoms with Gasteiger partial charge in [0, 0.05) is 51.4 Å². The molecule has 1 aliphatic carbocycles. The summed E-state index contributed by atoms with van der Waals surface area (Å²) >= 11 is 0. The first-order valence-electron chi connectivity index (χ1n) is 7.93. The van der Waals surface area contributed by atoms with Crippen molar-refractivity contribution in [2.45, 2.75) is 45.2 Å². The molecule has 18 heavy (non-hydrogen) atoms. The molecule has 104 valence electrons. The Morgan fingerprint density at radius 3 is 2.39 bits per heavy atom. The monoisotopic (exact) mass is 251 g/mol. The Morgan fingerprint density at radius 2 is 1.67 bits per heavy atom. The lowest BCUT2D eigenvalue weighted by molar-refractivity contribution is -0.0316. The van der Waals surface area contributed by atoms with Gasteiger partial charge in [-0.1, -0.05) is 20.3 Å². The number of likely N-dealkylation sites (tertiary alicyclic amines) is 1. The van der Waals surface area contributed by atoms with Gasteiger partial charge in [-0.2, -0.15) is 0 Å². The first-order valence-corrected chi connectivity index (χ1v) is 7.93. The molecule has 0 aromatic heterocycles. The van der Waals surface area contributed by atoms with Crippen molar-refractivity contribution in [2.24, 2.45) is 11.8 Å². The van der Waals surface area contributed by atoms with Crippen LogP contribution in [0.5, 0.6) is 0 Å². The SMILES string of the molecule is CC1CCC(C)C(N2CC(N3CCNCC3)C2)C1. The maximum absolute atomic E-state index is 3.45. The number of nitrogens with one attached hydrogen (secondary N) is 1. The maximum atomic E-state index is 3.45. The van der Waals surface area contributed by atoms with Crippen molar-refractivity contribution in [3.8, 4) is 0 Å². The van der Waals surface area contributed by atoms with Crippen molar-refractivity contribution in [3.05, 3.63) is 0 Å². The van der Waals surface area contributed by atoms with Crippen LogP contribution in [0.3, 0.4) is 0 Å². The number of piperazine rings is 1. The van der Waals surface area contributed by atoms with Crippen molar-refractivity contribution in [1.82, 2.24) is 15.1 Å². The van der Waals surface area contributed by atoms with E-state index < -0.39 is 0 Å². The first-order chi connectivity index (χ1) is 8.74. The first kappa shape index (κ1) is 12.9. The molecule has 2 heterocycles. The molecule has 0 amide bonds. The number of rotatable bonds is 2. The van der Waals surface area contributed by atoms with E-state index >= 15 is 0 Å². The molecule has 2 aliphatic heterocycles. The van der Waals surface area contributed by atoms with E-state index in [2.05, 4.69) is 29.0 Å². The Morgan fingerprint density at radius 1 is 0.944 bits per heavy atom. The molecule has 3 nitrogen and oxygen atoms in total.